The molecule has 0 saturated carbocycles. The molecule has 2 rings (SSSR count). The molecule has 1 unspecified atom stereocenters. The van der Waals surface area contributed by atoms with Crippen LogP contribution in [0.2, 0.25) is 0 Å². The molecule has 1 heterocycles. The predicted molar refractivity (Wildman–Crippen MR) is 61.5 cm³/mol. The van der Waals surface area contributed by atoms with Crippen LogP contribution in [0.25, 0.3) is 0 Å². The van der Waals surface area contributed by atoms with Gasteiger partial charge in [0.15, 0.2) is 0 Å². The summed E-state index contributed by atoms with van der Waals surface area (Å²) in [5, 5.41) is 8.85. The molecule has 1 aromatic carbocycles. The van der Waals surface area contributed by atoms with Gasteiger partial charge in [0.2, 0.25) is 0 Å². The number of nitrogens with zero attached hydrogens (tertiary/aromatic N) is 2. The summed E-state index contributed by atoms with van der Waals surface area (Å²) in [5.74, 6) is -0.722. The van der Waals surface area contributed by atoms with Crippen molar-refractivity contribution in [2.75, 3.05) is 0 Å². The highest BCUT2D eigenvalue weighted by molar-refractivity contribution is 6.23. The lowest BCUT2D eigenvalue weighted by molar-refractivity contribution is 0.0629. The van der Waals surface area contributed by atoms with E-state index in [1.807, 2.05) is 18.2 Å². The number of hydrogen-bond acceptors (Lipinski definition) is 3. The normalized spacial score (nSPS) is 15.8. The van der Waals surface area contributed by atoms with E-state index in [1.165, 1.54) is 0 Å². The first kappa shape index (κ1) is 11.3. The quantitative estimate of drug-likeness (QED) is 0.689. The van der Waals surface area contributed by atoms with Gasteiger partial charge in [-0.1, -0.05) is 12.1 Å². The van der Waals surface area contributed by atoms with Gasteiger partial charge in [-0.3, -0.25) is 14.5 Å². The first-order chi connectivity index (χ1) is 7.99. The van der Waals surface area contributed by atoms with Gasteiger partial charge in [0.1, 0.15) is 6.04 Å². The zero-order valence-corrected chi connectivity index (χ0v) is 9.94. The number of aryl methyl sites for hydroxylation is 2. The molecule has 0 N–H and O–H groups in total. The number of carbonyl (C=O) groups is 2. The Labute approximate surface area is 99.5 Å². The Morgan fingerprint density at radius 1 is 1.12 bits per heavy atom. The Balaban J connectivity index is 2.66. The average molecular weight is 228 g/mol. The molecule has 1 aliphatic rings. The molecular formula is C13H12N2O2. The molecule has 1 aromatic rings. The highest BCUT2D eigenvalue weighted by atomic mass is 16.2. The van der Waals surface area contributed by atoms with Crippen molar-refractivity contribution >= 4 is 11.8 Å². The fraction of sp³-hybridized carbons (Fsp3) is 0.308. The standard InChI is InChI=1S/C13H12N2O2/c1-7-4-5-8(2)11-10(7)12(16)15(13(11)17)9(3)6-14/h4-5,9H,1-3H3. The SMILES string of the molecule is Cc1ccc(C)c2c1C(=O)N(C(C)C#N)C2=O. The van der Waals surface area contributed by atoms with Gasteiger partial charge in [-0.2, -0.15) is 5.26 Å². The molecule has 17 heavy (non-hydrogen) atoms. The number of imide groups is 1. The van der Waals surface area contributed by atoms with E-state index >= 15 is 0 Å². The number of amides is 2. The van der Waals surface area contributed by atoms with Crippen molar-refractivity contribution < 1.29 is 9.59 Å². The summed E-state index contributed by atoms with van der Waals surface area (Å²) in [6.45, 7) is 5.14. The van der Waals surface area contributed by atoms with Crippen LogP contribution in [0.1, 0.15) is 38.8 Å². The van der Waals surface area contributed by atoms with Gasteiger partial charge >= 0.3 is 0 Å². The first-order valence-electron chi connectivity index (χ1n) is 5.36. The molecule has 4 heteroatoms. The van der Waals surface area contributed by atoms with E-state index in [0.29, 0.717) is 11.1 Å². The number of rotatable bonds is 1. The summed E-state index contributed by atoms with van der Waals surface area (Å²) >= 11 is 0. The van der Waals surface area contributed by atoms with Crippen LogP contribution in [0, 0.1) is 25.2 Å². The molecule has 1 aliphatic heterocycles. The van der Waals surface area contributed by atoms with Crippen molar-refractivity contribution in [3.05, 3.63) is 34.4 Å². The van der Waals surface area contributed by atoms with E-state index in [2.05, 4.69) is 0 Å². The molecule has 86 valence electrons. The van der Waals surface area contributed by atoms with Crippen LogP contribution in [0.3, 0.4) is 0 Å². The topological polar surface area (TPSA) is 61.2 Å². The Kier molecular flexibility index (Phi) is 2.47. The maximum Gasteiger partial charge on any atom is 0.262 e. The minimum absolute atomic E-state index is 0.361. The molecule has 1 atom stereocenters. The Hall–Kier alpha value is -2.15. The highest BCUT2D eigenvalue weighted by Gasteiger charge is 2.40. The summed E-state index contributed by atoms with van der Waals surface area (Å²) in [4.78, 5) is 25.3. The smallest absolute Gasteiger partial charge is 0.262 e. The minimum Gasteiger partial charge on any atom is -0.269 e. The molecule has 0 radical (unpaired) electrons. The number of hydrogen-bond donors (Lipinski definition) is 0. The van der Waals surface area contributed by atoms with Gasteiger partial charge in [0.25, 0.3) is 11.8 Å². The van der Waals surface area contributed by atoms with E-state index in [-0.39, 0.29) is 11.8 Å². The molecular weight excluding hydrogens is 216 g/mol. The van der Waals surface area contributed by atoms with Crippen molar-refractivity contribution in [2.24, 2.45) is 0 Å². The average Bonchev–Trinajstić information content (AvgIpc) is 2.56. The van der Waals surface area contributed by atoms with Crippen LogP contribution in [-0.2, 0) is 0 Å². The first-order valence-corrected chi connectivity index (χ1v) is 5.36. The minimum atomic E-state index is -0.735. The van der Waals surface area contributed by atoms with Crippen molar-refractivity contribution in [1.82, 2.24) is 4.90 Å². The maximum absolute atomic E-state index is 12.1. The molecule has 0 fully saturated rings. The van der Waals surface area contributed by atoms with Gasteiger partial charge in [-0.15, -0.1) is 0 Å². The van der Waals surface area contributed by atoms with E-state index in [1.54, 1.807) is 20.8 Å². The van der Waals surface area contributed by atoms with Crippen LogP contribution in [0.4, 0.5) is 0 Å². The fourth-order valence-electron chi connectivity index (χ4n) is 2.10. The third-order valence-corrected chi connectivity index (χ3v) is 3.06. The van der Waals surface area contributed by atoms with Crippen LogP contribution in [-0.4, -0.2) is 22.8 Å². The summed E-state index contributed by atoms with van der Waals surface area (Å²) in [5.41, 5.74) is 2.43. The molecule has 0 bridgehead atoms. The van der Waals surface area contributed by atoms with Crippen molar-refractivity contribution in [3.8, 4) is 6.07 Å². The van der Waals surface area contributed by atoms with Crippen molar-refractivity contribution in [2.45, 2.75) is 26.8 Å². The van der Waals surface area contributed by atoms with E-state index in [9.17, 15) is 9.59 Å². The van der Waals surface area contributed by atoms with E-state index in [4.69, 9.17) is 5.26 Å². The zero-order chi connectivity index (χ0) is 12.7. The summed E-state index contributed by atoms with van der Waals surface area (Å²) in [6.07, 6.45) is 0. The predicted octanol–water partition coefficient (Wildman–Crippen LogP) is 1.81. The Morgan fingerprint density at radius 2 is 1.53 bits per heavy atom. The third kappa shape index (κ3) is 1.43. The van der Waals surface area contributed by atoms with Crippen LogP contribution in [0.15, 0.2) is 12.1 Å². The number of fused-ring (bicyclic) bond motifs is 1. The molecule has 0 aliphatic carbocycles. The highest BCUT2D eigenvalue weighted by Crippen LogP contribution is 2.29. The monoisotopic (exact) mass is 228 g/mol. The van der Waals surface area contributed by atoms with Gasteiger partial charge in [0.05, 0.1) is 17.2 Å². The maximum atomic E-state index is 12.1. The largest absolute Gasteiger partial charge is 0.269 e. The van der Waals surface area contributed by atoms with Gasteiger partial charge < -0.3 is 0 Å². The van der Waals surface area contributed by atoms with Crippen LogP contribution >= 0.6 is 0 Å². The van der Waals surface area contributed by atoms with Crippen molar-refractivity contribution in [3.63, 3.8) is 0 Å². The fourth-order valence-corrected chi connectivity index (χ4v) is 2.10. The van der Waals surface area contributed by atoms with Gasteiger partial charge in [-0.25, -0.2) is 0 Å². The molecule has 0 saturated heterocycles. The second kappa shape index (κ2) is 3.70. The number of benzene rings is 1. The second-order valence-electron chi connectivity index (χ2n) is 4.23. The van der Waals surface area contributed by atoms with Gasteiger partial charge in [0, 0.05) is 0 Å². The van der Waals surface area contributed by atoms with Crippen LogP contribution in [0.5, 0.6) is 0 Å². The summed E-state index contributed by atoms with van der Waals surface area (Å²) < 4.78 is 0. The molecule has 0 aromatic heterocycles. The Morgan fingerprint density at radius 3 is 1.88 bits per heavy atom. The van der Waals surface area contributed by atoms with Crippen LogP contribution < -0.4 is 0 Å². The molecule has 4 nitrogen and oxygen atoms in total. The molecule has 0 spiro atoms. The second-order valence-corrected chi connectivity index (χ2v) is 4.23. The summed E-state index contributed by atoms with van der Waals surface area (Å²) in [7, 11) is 0. The third-order valence-electron chi connectivity index (χ3n) is 3.06. The number of nitriles is 1. The zero-order valence-electron chi connectivity index (χ0n) is 9.94. The molecule has 2 amide bonds. The number of carbonyl (C=O) groups excluding carboxylic acids is 2. The van der Waals surface area contributed by atoms with E-state index < -0.39 is 6.04 Å². The lowest BCUT2D eigenvalue weighted by Gasteiger charge is -2.15. The lowest BCUT2D eigenvalue weighted by Crippen LogP contribution is -2.37. The summed E-state index contributed by atoms with van der Waals surface area (Å²) in [6, 6.07) is 4.83. The van der Waals surface area contributed by atoms with Gasteiger partial charge in [-0.05, 0) is 31.9 Å². The Bertz CT molecular complexity index is 529. The lowest BCUT2D eigenvalue weighted by atomic mass is 9.99. The van der Waals surface area contributed by atoms with E-state index in [0.717, 1.165) is 16.0 Å². The van der Waals surface area contributed by atoms with Crippen molar-refractivity contribution in [1.29, 1.82) is 5.26 Å².